The van der Waals surface area contributed by atoms with Crippen LogP contribution in [0.3, 0.4) is 0 Å². The Balaban J connectivity index is 1.96. The van der Waals surface area contributed by atoms with Crippen LogP contribution in [0.2, 0.25) is 10.0 Å². The van der Waals surface area contributed by atoms with Crippen molar-refractivity contribution in [1.82, 2.24) is 15.0 Å². The molecule has 0 radical (unpaired) electrons. The van der Waals surface area contributed by atoms with E-state index >= 15 is 0 Å². The number of aryl methyl sites for hydroxylation is 1. The van der Waals surface area contributed by atoms with E-state index in [9.17, 15) is 10.1 Å². The number of hydrogen-bond donors (Lipinski definition) is 2. The molecule has 3 rings (SSSR count). The zero-order chi connectivity index (χ0) is 18.7. The first-order valence-corrected chi connectivity index (χ1v) is 8.11. The highest BCUT2D eigenvalue weighted by molar-refractivity contribution is 6.42. The summed E-state index contributed by atoms with van der Waals surface area (Å²) < 4.78 is 0. The molecule has 0 aliphatic rings. The van der Waals surface area contributed by atoms with Gasteiger partial charge in [-0.05, 0) is 36.8 Å². The molecule has 2 heterocycles. The number of hydrogen-bond acceptors (Lipinski definition) is 7. The SMILES string of the molecule is Cc1ccc(Nc2ncnc(Nc3ccc(Cl)c(Cl)c3)c2[N+](=O)[O-])nc1. The first-order chi connectivity index (χ1) is 12.4. The third-order valence-electron chi connectivity index (χ3n) is 3.35. The first kappa shape index (κ1) is 17.8. The number of pyridine rings is 1. The quantitative estimate of drug-likeness (QED) is 0.472. The zero-order valence-electron chi connectivity index (χ0n) is 13.4. The minimum Gasteiger partial charge on any atom is -0.334 e. The van der Waals surface area contributed by atoms with Gasteiger partial charge in [0.25, 0.3) is 0 Å². The number of benzene rings is 1. The van der Waals surface area contributed by atoms with Crippen LogP contribution < -0.4 is 10.6 Å². The van der Waals surface area contributed by atoms with E-state index in [1.165, 1.54) is 6.33 Å². The van der Waals surface area contributed by atoms with Gasteiger partial charge in [0.1, 0.15) is 12.1 Å². The largest absolute Gasteiger partial charge is 0.353 e. The molecule has 0 saturated heterocycles. The van der Waals surface area contributed by atoms with Crippen LogP contribution in [-0.2, 0) is 0 Å². The predicted molar refractivity (Wildman–Crippen MR) is 101 cm³/mol. The lowest BCUT2D eigenvalue weighted by molar-refractivity contribution is -0.383. The van der Waals surface area contributed by atoms with Gasteiger partial charge in [0, 0.05) is 11.9 Å². The molecule has 1 aromatic carbocycles. The van der Waals surface area contributed by atoms with Crippen LogP contribution in [0.25, 0.3) is 0 Å². The van der Waals surface area contributed by atoms with Gasteiger partial charge in [-0.2, -0.15) is 0 Å². The first-order valence-electron chi connectivity index (χ1n) is 7.35. The molecule has 3 aromatic rings. The number of anilines is 4. The predicted octanol–water partition coefficient (Wildman–Crippen LogP) is 4.88. The van der Waals surface area contributed by atoms with E-state index in [1.54, 1.807) is 30.5 Å². The van der Waals surface area contributed by atoms with Crippen molar-refractivity contribution >= 4 is 52.0 Å². The highest BCUT2D eigenvalue weighted by Crippen LogP contribution is 2.34. The van der Waals surface area contributed by atoms with E-state index in [0.717, 1.165) is 5.56 Å². The van der Waals surface area contributed by atoms with Gasteiger partial charge in [0.05, 0.1) is 15.0 Å². The molecule has 0 bridgehead atoms. The number of nitrogens with one attached hydrogen (secondary N) is 2. The molecule has 0 saturated carbocycles. The summed E-state index contributed by atoms with van der Waals surface area (Å²) in [5, 5.41) is 18.0. The van der Waals surface area contributed by atoms with Crippen LogP contribution in [-0.4, -0.2) is 19.9 Å². The Labute approximate surface area is 158 Å². The lowest BCUT2D eigenvalue weighted by Gasteiger charge is -2.10. The van der Waals surface area contributed by atoms with Crippen molar-refractivity contribution < 1.29 is 4.92 Å². The normalized spacial score (nSPS) is 10.4. The molecule has 132 valence electrons. The van der Waals surface area contributed by atoms with Gasteiger partial charge in [-0.25, -0.2) is 15.0 Å². The summed E-state index contributed by atoms with van der Waals surface area (Å²) in [4.78, 5) is 23.1. The van der Waals surface area contributed by atoms with E-state index in [2.05, 4.69) is 25.6 Å². The van der Waals surface area contributed by atoms with Crippen LogP contribution in [0.15, 0.2) is 42.9 Å². The Morgan fingerprint density at radius 1 is 1.00 bits per heavy atom. The standard InChI is InChI=1S/C16H12Cl2N6O2/c1-9-2-5-13(19-7-9)23-16-14(24(25)26)15(20-8-21-16)22-10-3-4-11(17)12(18)6-10/h2-8H,1H3,(H2,19,20,21,22,23). The second kappa shape index (κ2) is 7.51. The van der Waals surface area contributed by atoms with E-state index < -0.39 is 4.92 Å². The molecule has 0 atom stereocenters. The second-order valence-electron chi connectivity index (χ2n) is 5.28. The average molecular weight is 391 g/mol. The maximum Gasteiger partial charge on any atom is 0.353 e. The topological polar surface area (TPSA) is 106 Å². The average Bonchev–Trinajstić information content (AvgIpc) is 2.60. The van der Waals surface area contributed by atoms with E-state index in [-0.39, 0.29) is 17.3 Å². The molecular formula is C16H12Cl2N6O2. The fraction of sp³-hybridized carbons (Fsp3) is 0.0625. The molecule has 0 aliphatic heterocycles. The third-order valence-corrected chi connectivity index (χ3v) is 4.08. The Morgan fingerprint density at radius 3 is 2.35 bits per heavy atom. The van der Waals surface area contributed by atoms with Crippen molar-refractivity contribution in [3.8, 4) is 0 Å². The van der Waals surface area contributed by atoms with Crippen LogP contribution in [0, 0.1) is 17.0 Å². The zero-order valence-corrected chi connectivity index (χ0v) is 14.9. The van der Waals surface area contributed by atoms with Gasteiger partial charge in [0.2, 0.25) is 11.6 Å². The number of aromatic nitrogens is 3. The van der Waals surface area contributed by atoms with Gasteiger partial charge in [0.15, 0.2) is 0 Å². The second-order valence-corrected chi connectivity index (χ2v) is 6.09. The van der Waals surface area contributed by atoms with Crippen molar-refractivity contribution in [3.05, 3.63) is 68.6 Å². The minimum absolute atomic E-state index is 0.0120. The van der Waals surface area contributed by atoms with Crippen LogP contribution in [0.4, 0.5) is 28.8 Å². The van der Waals surface area contributed by atoms with Gasteiger partial charge >= 0.3 is 5.69 Å². The fourth-order valence-electron chi connectivity index (χ4n) is 2.11. The van der Waals surface area contributed by atoms with Crippen molar-refractivity contribution in [2.24, 2.45) is 0 Å². The third kappa shape index (κ3) is 3.98. The molecule has 0 unspecified atom stereocenters. The van der Waals surface area contributed by atoms with Gasteiger partial charge in [-0.3, -0.25) is 10.1 Å². The Hall–Kier alpha value is -2.97. The van der Waals surface area contributed by atoms with Crippen molar-refractivity contribution in [2.75, 3.05) is 10.6 Å². The summed E-state index contributed by atoms with van der Waals surface area (Å²) in [5.74, 6) is 0.458. The highest BCUT2D eigenvalue weighted by Gasteiger charge is 2.23. The Morgan fingerprint density at radius 2 is 1.73 bits per heavy atom. The monoisotopic (exact) mass is 390 g/mol. The summed E-state index contributed by atoms with van der Waals surface area (Å²) in [5.41, 5.74) is 1.15. The maximum atomic E-state index is 11.6. The van der Waals surface area contributed by atoms with E-state index in [0.29, 0.717) is 21.6 Å². The molecule has 2 aromatic heterocycles. The molecule has 0 aliphatic carbocycles. The summed E-state index contributed by atoms with van der Waals surface area (Å²) >= 11 is 11.9. The lowest BCUT2D eigenvalue weighted by atomic mass is 10.3. The van der Waals surface area contributed by atoms with Gasteiger partial charge in [-0.1, -0.05) is 29.3 Å². The van der Waals surface area contributed by atoms with Crippen molar-refractivity contribution in [3.63, 3.8) is 0 Å². The summed E-state index contributed by atoms with van der Waals surface area (Å²) in [6, 6.07) is 8.29. The summed E-state index contributed by atoms with van der Waals surface area (Å²) in [6.07, 6.45) is 2.85. The van der Waals surface area contributed by atoms with Gasteiger partial charge < -0.3 is 10.6 Å². The van der Waals surface area contributed by atoms with Crippen LogP contribution in [0.1, 0.15) is 5.56 Å². The molecular weight excluding hydrogens is 379 g/mol. The molecule has 8 nitrogen and oxygen atoms in total. The fourth-order valence-corrected chi connectivity index (χ4v) is 2.41. The molecule has 10 heteroatoms. The Bertz CT molecular complexity index is 965. The minimum atomic E-state index is -0.573. The number of halogens is 2. The van der Waals surface area contributed by atoms with Crippen molar-refractivity contribution in [1.29, 1.82) is 0 Å². The van der Waals surface area contributed by atoms with Crippen LogP contribution in [0.5, 0.6) is 0 Å². The molecule has 0 fully saturated rings. The smallest absolute Gasteiger partial charge is 0.334 e. The number of nitro groups is 1. The summed E-state index contributed by atoms with van der Waals surface area (Å²) in [6.45, 7) is 1.89. The molecule has 0 spiro atoms. The number of nitrogens with zero attached hydrogens (tertiary/aromatic N) is 4. The number of rotatable bonds is 5. The van der Waals surface area contributed by atoms with Crippen molar-refractivity contribution in [2.45, 2.75) is 6.92 Å². The summed E-state index contributed by atoms with van der Waals surface area (Å²) in [7, 11) is 0. The maximum absolute atomic E-state index is 11.6. The van der Waals surface area contributed by atoms with E-state index in [1.807, 2.05) is 13.0 Å². The Kier molecular flexibility index (Phi) is 5.15. The molecule has 2 N–H and O–H groups in total. The van der Waals surface area contributed by atoms with E-state index in [4.69, 9.17) is 23.2 Å². The lowest BCUT2D eigenvalue weighted by Crippen LogP contribution is -2.06. The molecule has 0 amide bonds. The molecule has 26 heavy (non-hydrogen) atoms. The van der Waals surface area contributed by atoms with Gasteiger partial charge in [-0.15, -0.1) is 0 Å². The highest BCUT2D eigenvalue weighted by atomic mass is 35.5. The van der Waals surface area contributed by atoms with Crippen LogP contribution >= 0.6 is 23.2 Å².